The fraction of sp³-hybridized carbons (Fsp3) is 0.400. The van der Waals surface area contributed by atoms with Crippen LogP contribution in [0.15, 0.2) is 34.9 Å². The van der Waals surface area contributed by atoms with Gasteiger partial charge in [0.15, 0.2) is 5.76 Å². The van der Waals surface area contributed by atoms with E-state index >= 15 is 0 Å². The molecule has 19 heavy (non-hydrogen) atoms. The maximum Gasteiger partial charge on any atom is 0.167 e. The lowest BCUT2D eigenvalue weighted by molar-refractivity contribution is 0.0332. The molecule has 4 heteroatoms. The first-order chi connectivity index (χ1) is 9.31. The maximum absolute atomic E-state index is 5.42. The number of nitrogens with zero attached hydrogens (tertiary/aromatic N) is 2. The quantitative estimate of drug-likeness (QED) is 0.847. The highest BCUT2D eigenvalue weighted by Gasteiger charge is 2.13. The summed E-state index contributed by atoms with van der Waals surface area (Å²) in [5.41, 5.74) is 3.31. The Balaban J connectivity index is 1.70. The van der Waals surface area contributed by atoms with Gasteiger partial charge in [-0.2, -0.15) is 0 Å². The van der Waals surface area contributed by atoms with Gasteiger partial charge < -0.3 is 9.26 Å². The van der Waals surface area contributed by atoms with E-state index in [0.29, 0.717) is 0 Å². The summed E-state index contributed by atoms with van der Waals surface area (Å²) in [7, 11) is 0. The van der Waals surface area contributed by atoms with Crippen LogP contribution in [-0.4, -0.2) is 36.4 Å². The number of hydrogen-bond acceptors (Lipinski definition) is 4. The van der Waals surface area contributed by atoms with Crippen molar-refractivity contribution in [1.82, 2.24) is 10.1 Å². The van der Waals surface area contributed by atoms with Crippen molar-refractivity contribution in [3.63, 3.8) is 0 Å². The molecule has 0 atom stereocenters. The van der Waals surface area contributed by atoms with Crippen LogP contribution in [0.25, 0.3) is 11.3 Å². The molecule has 0 radical (unpaired) electrons. The van der Waals surface area contributed by atoms with Gasteiger partial charge >= 0.3 is 0 Å². The average Bonchev–Trinajstić information content (AvgIpc) is 2.89. The second-order valence-electron chi connectivity index (χ2n) is 4.94. The third-order valence-electron chi connectivity index (χ3n) is 3.38. The normalized spacial score (nSPS) is 16.7. The van der Waals surface area contributed by atoms with Crippen LogP contribution in [0.4, 0.5) is 0 Å². The van der Waals surface area contributed by atoms with Gasteiger partial charge in [0, 0.05) is 31.3 Å². The SMILES string of the molecule is Cc1ccc(-c2cc(CN3CCOCC3)no2)cc1. The number of hydrogen-bond donors (Lipinski definition) is 0. The average molecular weight is 258 g/mol. The van der Waals surface area contributed by atoms with Crippen molar-refractivity contribution in [1.29, 1.82) is 0 Å². The first-order valence-electron chi connectivity index (χ1n) is 6.64. The van der Waals surface area contributed by atoms with Gasteiger partial charge in [0.25, 0.3) is 0 Å². The standard InChI is InChI=1S/C15H18N2O2/c1-12-2-4-13(5-3-12)15-10-14(16-19-15)11-17-6-8-18-9-7-17/h2-5,10H,6-9,11H2,1H3. The second kappa shape index (κ2) is 5.55. The van der Waals surface area contributed by atoms with E-state index in [-0.39, 0.29) is 0 Å². The van der Waals surface area contributed by atoms with Crippen molar-refractivity contribution in [3.05, 3.63) is 41.6 Å². The van der Waals surface area contributed by atoms with E-state index in [2.05, 4.69) is 41.2 Å². The number of aryl methyl sites for hydroxylation is 1. The highest BCUT2D eigenvalue weighted by atomic mass is 16.5. The van der Waals surface area contributed by atoms with E-state index in [0.717, 1.165) is 49.9 Å². The molecule has 0 unspecified atom stereocenters. The summed E-state index contributed by atoms with van der Waals surface area (Å²) in [6.07, 6.45) is 0. The third kappa shape index (κ3) is 3.03. The molecular weight excluding hydrogens is 240 g/mol. The molecule has 1 saturated heterocycles. The maximum atomic E-state index is 5.42. The summed E-state index contributed by atoms with van der Waals surface area (Å²) in [5, 5.41) is 4.15. The third-order valence-corrected chi connectivity index (χ3v) is 3.38. The molecule has 1 aromatic carbocycles. The Morgan fingerprint density at radius 3 is 2.63 bits per heavy atom. The Labute approximate surface area is 113 Å². The minimum Gasteiger partial charge on any atom is -0.379 e. The molecule has 1 fully saturated rings. The fourth-order valence-corrected chi connectivity index (χ4v) is 2.23. The minimum atomic E-state index is 0.808. The smallest absolute Gasteiger partial charge is 0.167 e. The van der Waals surface area contributed by atoms with Crippen LogP contribution < -0.4 is 0 Å². The summed E-state index contributed by atoms with van der Waals surface area (Å²) in [6, 6.07) is 10.3. The molecule has 0 aliphatic carbocycles. The van der Waals surface area contributed by atoms with Crippen molar-refractivity contribution < 1.29 is 9.26 Å². The molecule has 0 bridgehead atoms. The van der Waals surface area contributed by atoms with E-state index in [4.69, 9.17) is 9.26 Å². The molecule has 1 aromatic heterocycles. The van der Waals surface area contributed by atoms with Gasteiger partial charge in [-0.1, -0.05) is 35.0 Å². The number of morpholine rings is 1. The zero-order valence-electron chi connectivity index (χ0n) is 11.1. The van der Waals surface area contributed by atoms with Crippen molar-refractivity contribution in [2.75, 3.05) is 26.3 Å². The molecule has 0 spiro atoms. The molecule has 3 rings (SSSR count). The van der Waals surface area contributed by atoms with E-state index in [1.54, 1.807) is 0 Å². The van der Waals surface area contributed by atoms with Crippen molar-refractivity contribution in [2.24, 2.45) is 0 Å². The topological polar surface area (TPSA) is 38.5 Å². The van der Waals surface area contributed by atoms with Crippen LogP contribution in [0.5, 0.6) is 0 Å². The Kier molecular flexibility index (Phi) is 3.62. The summed E-state index contributed by atoms with van der Waals surface area (Å²) in [4.78, 5) is 2.33. The van der Waals surface area contributed by atoms with Crippen LogP contribution in [0.2, 0.25) is 0 Å². The summed E-state index contributed by atoms with van der Waals surface area (Å²) in [5.74, 6) is 0.836. The molecule has 1 aliphatic heterocycles. The lowest BCUT2D eigenvalue weighted by atomic mass is 10.1. The Morgan fingerprint density at radius 1 is 1.16 bits per heavy atom. The fourth-order valence-electron chi connectivity index (χ4n) is 2.23. The molecule has 0 amide bonds. The van der Waals surface area contributed by atoms with Gasteiger partial charge in [-0.05, 0) is 6.92 Å². The predicted molar refractivity (Wildman–Crippen MR) is 72.8 cm³/mol. The zero-order chi connectivity index (χ0) is 13.1. The first kappa shape index (κ1) is 12.4. The van der Waals surface area contributed by atoms with Crippen LogP contribution in [-0.2, 0) is 11.3 Å². The van der Waals surface area contributed by atoms with Gasteiger partial charge in [-0.15, -0.1) is 0 Å². The number of aromatic nitrogens is 1. The largest absolute Gasteiger partial charge is 0.379 e. The monoisotopic (exact) mass is 258 g/mol. The predicted octanol–water partition coefficient (Wildman–Crippen LogP) is 2.48. The minimum absolute atomic E-state index is 0.808. The molecule has 1 aliphatic rings. The number of rotatable bonds is 3. The molecule has 0 saturated carbocycles. The van der Waals surface area contributed by atoms with Crippen LogP contribution in [0, 0.1) is 6.92 Å². The van der Waals surface area contributed by atoms with Crippen molar-refractivity contribution >= 4 is 0 Å². The zero-order valence-corrected chi connectivity index (χ0v) is 11.1. The van der Waals surface area contributed by atoms with Crippen LogP contribution >= 0.6 is 0 Å². The summed E-state index contributed by atoms with van der Waals surface area (Å²) in [6.45, 7) is 6.46. The van der Waals surface area contributed by atoms with E-state index in [1.807, 2.05) is 6.07 Å². The van der Waals surface area contributed by atoms with E-state index in [1.165, 1.54) is 5.56 Å². The Hall–Kier alpha value is -1.65. The molecule has 4 nitrogen and oxygen atoms in total. The number of benzene rings is 1. The molecular formula is C15H18N2O2. The highest BCUT2D eigenvalue weighted by molar-refractivity contribution is 5.57. The second-order valence-corrected chi connectivity index (χ2v) is 4.94. The Bertz CT molecular complexity index is 527. The molecule has 0 N–H and O–H groups in total. The van der Waals surface area contributed by atoms with Gasteiger partial charge in [-0.3, -0.25) is 4.90 Å². The van der Waals surface area contributed by atoms with Gasteiger partial charge in [0.2, 0.25) is 0 Å². The Morgan fingerprint density at radius 2 is 1.89 bits per heavy atom. The van der Waals surface area contributed by atoms with Crippen LogP contribution in [0.3, 0.4) is 0 Å². The van der Waals surface area contributed by atoms with Crippen LogP contribution in [0.1, 0.15) is 11.3 Å². The van der Waals surface area contributed by atoms with Crippen molar-refractivity contribution in [2.45, 2.75) is 13.5 Å². The van der Waals surface area contributed by atoms with Gasteiger partial charge in [-0.25, -0.2) is 0 Å². The van der Waals surface area contributed by atoms with E-state index in [9.17, 15) is 0 Å². The highest BCUT2D eigenvalue weighted by Crippen LogP contribution is 2.21. The first-order valence-corrected chi connectivity index (χ1v) is 6.64. The van der Waals surface area contributed by atoms with Gasteiger partial charge in [0.05, 0.1) is 18.9 Å². The molecule has 100 valence electrons. The summed E-state index contributed by atoms with van der Waals surface area (Å²) >= 11 is 0. The van der Waals surface area contributed by atoms with Crippen molar-refractivity contribution in [3.8, 4) is 11.3 Å². The molecule has 2 aromatic rings. The summed E-state index contributed by atoms with van der Waals surface area (Å²) < 4.78 is 10.8. The lowest BCUT2D eigenvalue weighted by Gasteiger charge is -2.25. The molecule has 2 heterocycles. The number of ether oxygens (including phenoxy) is 1. The lowest BCUT2D eigenvalue weighted by Crippen LogP contribution is -2.35. The van der Waals surface area contributed by atoms with Gasteiger partial charge in [0.1, 0.15) is 0 Å². The van der Waals surface area contributed by atoms with E-state index < -0.39 is 0 Å².